The number of rotatable bonds is 6. The fourth-order valence-electron chi connectivity index (χ4n) is 4.75. The predicted octanol–water partition coefficient (Wildman–Crippen LogP) is 7.22. The van der Waals surface area contributed by atoms with Crippen molar-refractivity contribution in [2.45, 2.75) is 57.8 Å². The lowest BCUT2D eigenvalue weighted by Gasteiger charge is -2.30. The van der Waals surface area contributed by atoms with Crippen LogP contribution in [0.25, 0.3) is 0 Å². The molecule has 4 rings (SSSR count). The van der Waals surface area contributed by atoms with Gasteiger partial charge in [0.25, 0.3) is 0 Å². The zero-order chi connectivity index (χ0) is 21.3. The molecule has 2 aliphatic rings. The van der Waals surface area contributed by atoms with Crippen molar-refractivity contribution in [3.8, 4) is 17.2 Å². The van der Waals surface area contributed by atoms with Crippen molar-refractivity contribution in [2.24, 2.45) is 5.92 Å². The summed E-state index contributed by atoms with van der Waals surface area (Å²) in [6.45, 7) is 1.61. The highest BCUT2D eigenvalue weighted by atomic mass is 19.2. The Morgan fingerprint density at radius 1 is 0.967 bits per heavy atom. The minimum atomic E-state index is -1.15. The molecule has 0 atom stereocenters. The van der Waals surface area contributed by atoms with Gasteiger partial charge in [0, 0.05) is 17.5 Å². The molecule has 1 aliphatic carbocycles. The molecule has 6 heteroatoms. The number of fused-ring (bicyclic) bond motifs is 2. The van der Waals surface area contributed by atoms with E-state index in [-0.39, 0.29) is 42.9 Å². The minimum absolute atomic E-state index is 0.0120. The molecule has 1 fully saturated rings. The number of benzene rings is 2. The van der Waals surface area contributed by atoms with Crippen molar-refractivity contribution in [2.75, 3.05) is 13.3 Å². The second kappa shape index (κ2) is 8.86. The zero-order valence-corrected chi connectivity index (χ0v) is 17.1. The van der Waals surface area contributed by atoms with Crippen LogP contribution < -0.4 is 9.47 Å². The molecule has 0 amide bonds. The number of alkyl halides is 1. The SMILES string of the molecule is CCOc1cc2c(c(F)c1F)Oc1c(ccc(C3CCC(CCCF)CC3)c1F)C2. The van der Waals surface area contributed by atoms with E-state index < -0.39 is 17.5 Å². The maximum atomic E-state index is 15.3. The van der Waals surface area contributed by atoms with Crippen LogP contribution in [-0.2, 0) is 6.42 Å². The molecule has 2 aromatic rings. The molecule has 1 saturated carbocycles. The monoisotopic (exact) mass is 422 g/mol. The van der Waals surface area contributed by atoms with E-state index >= 15 is 4.39 Å². The standard InChI is InChI=1S/C24H26F4O2/c1-2-29-19-13-17-12-16-9-10-18(15-7-5-14(6-8-15)4-3-11-25)20(26)23(16)30-24(17)22(28)21(19)27/h9-10,13-15H,2-8,11-12H2,1H3. The first-order valence-electron chi connectivity index (χ1n) is 10.7. The molecule has 0 unspecified atom stereocenters. The lowest BCUT2D eigenvalue weighted by molar-refractivity contribution is 0.288. The van der Waals surface area contributed by atoms with Crippen LogP contribution in [0.2, 0.25) is 0 Å². The predicted molar refractivity (Wildman–Crippen MR) is 107 cm³/mol. The highest BCUT2D eigenvalue weighted by Gasteiger charge is 2.31. The Kier molecular flexibility index (Phi) is 6.21. The summed E-state index contributed by atoms with van der Waals surface area (Å²) in [5.74, 6) is -2.65. The molecule has 2 nitrogen and oxygen atoms in total. The summed E-state index contributed by atoms with van der Waals surface area (Å²) in [7, 11) is 0. The van der Waals surface area contributed by atoms with Gasteiger partial charge in [-0.1, -0.05) is 12.1 Å². The number of ether oxygens (including phenoxy) is 2. The Morgan fingerprint density at radius 3 is 2.40 bits per heavy atom. The highest BCUT2D eigenvalue weighted by molar-refractivity contribution is 5.55. The van der Waals surface area contributed by atoms with Gasteiger partial charge in [-0.05, 0) is 68.9 Å². The first kappa shape index (κ1) is 21.0. The van der Waals surface area contributed by atoms with Gasteiger partial charge in [-0.25, -0.2) is 4.39 Å². The van der Waals surface area contributed by atoms with E-state index in [0.717, 1.165) is 32.1 Å². The van der Waals surface area contributed by atoms with Gasteiger partial charge in [-0.2, -0.15) is 8.78 Å². The largest absolute Gasteiger partial charge is 0.491 e. The maximum Gasteiger partial charge on any atom is 0.205 e. The maximum absolute atomic E-state index is 15.3. The number of hydrogen-bond acceptors (Lipinski definition) is 2. The van der Waals surface area contributed by atoms with E-state index in [1.165, 1.54) is 6.07 Å². The highest BCUT2D eigenvalue weighted by Crippen LogP contribution is 2.46. The lowest BCUT2D eigenvalue weighted by atomic mass is 9.76. The molecule has 0 spiro atoms. The van der Waals surface area contributed by atoms with Crippen molar-refractivity contribution < 1.29 is 27.0 Å². The molecule has 2 aromatic carbocycles. The van der Waals surface area contributed by atoms with Gasteiger partial charge in [0.15, 0.2) is 23.1 Å². The molecular weight excluding hydrogens is 396 g/mol. The molecule has 1 heterocycles. The third kappa shape index (κ3) is 3.88. The van der Waals surface area contributed by atoms with Crippen LogP contribution in [-0.4, -0.2) is 13.3 Å². The van der Waals surface area contributed by atoms with E-state index in [1.54, 1.807) is 13.0 Å². The second-order valence-electron chi connectivity index (χ2n) is 8.21. The molecule has 0 aromatic heterocycles. The Bertz CT molecular complexity index is 920. The second-order valence-corrected chi connectivity index (χ2v) is 8.21. The summed E-state index contributed by atoms with van der Waals surface area (Å²) in [5, 5.41) is 0. The smallest absolute Gasteiger partial charge is 0.205 e. The Balaban J connectivity index is 1.57. The van der Waals surface area contributed by atoms with Gasteiger partial charge in [0.2, 0.25) is 11.6 Å². The molecule has 0 radical (unpaired) electrons. The Labute approximate surface area is 174 Å². The first-order valence-corrected chi connectivity index (χ1v) is 10.7. The van der Waals surface area contributed by atoms with Crippen molar-refractivity contribution in [3.63, 3.8) is 0 Å². The van der Waals surface area contributed by atoms with Gasteiger partial charge in [-0.15, -0.1) is 0 Å². The molecule has 0 saturated heterocycles. The fraction of sp³-hybridized carbons (Fsp3) is 0.500. The minimum Gasteiger partial charge on any atom is -0.491 e. The van der Waals surface area contributed by atoms with Crippen LogP contribution in [0.3, 0.4) is 0 Å². The zero-order valence-electron chi connectivity index (χ0n) is 17.1. The molecule has 0 N–H and O–H groups in total. The van der Waals surface area contributed by atoms with E-state index in [2.05, 4.69) is 0 Å². The summed E-state index contributed by atoms with van der Waals surface area (Å²) in [6.07, 6.45) is 5.28. The molecule has 0 bridgehead atoms. The quantitative estimate of drug-likeness (QED) is 0.390. The van der Waals surface area contributed by atoms with Gasteiger partial charge < -0.3 is 9.47 Å². The Hall–Kier alpha value is -2.24. The van der Waals surface area contributed by atoms with Gasteiger partial charge >= 0.3 is 0 Å². The normalized spacial score (nSPS) is 20.3. The summed E-state index contributed by atoms with van der Waals surface area (Å²) in [4.78, 5) is 0. The topological polar surface area (TPSA) is 18.5 Å². The molecule has 1 aliphatic heterocycles. The average Bonchev–Trinajstić information content (AvgIpc) is 2.76. The van der Waals surface area contributed by atoms with Gasteiger partial charge in [-0.3, -0.25) is 4.39 Å². The van der Waals surface area contributed by atoms with Crippen molar-refractivity contribution in [1.82, 2.24) is 0 Å². The summed E-state index contributed by atoms with van der Waals surface area (Å²) >= 11 is 0. The molecule has 162 valence electrons. The van der Waals surface area contributed by atoms with E-state index in [1.807, 2.05) is 6.07 Å². The number of hydrogen-bond donors (Lipinski definition) is 0. The Morgan fingerprint density at radius 2 is 1.70 bits per heavy atom. The van der Waals surface area contributed by atoms with Crippen LogP contribution in [0.15, 0.2) is 18.2 Å². The van der Waals surface area contributed by atoms with E-state index in [4.69, 9.17) is 9.47 Å². The summed E-state index contributed by atoms with van der Waals surface area (Å²) in [6, 6.07) is 5.02. The fourth-order valence-corrected chi connectivity index (χ4v) is 4.75. The summed E-state index contributed by atoms with van der Waals surface area (Å²) in [5.41, 5.74) is 1.60. The summed E-state index contributed by atoms with van der Waals surface area (Å²) < 4.78 is 67.3. The van der Waals surface area contributed by atoms with E-state index in [0.29, 0.717) is 29.0 Å². The van der Waals surface area contributed by atoms with Crippen LogP contribution in [0.4, 0.5) is 17.6 Å². The van der Waals surface area contributed by atoms with Crippen LogP contribution in [0.5, 0.6) is 17.2 Å². The lowest BCUT2D eigenvalue weighted by Crippen LogP contribution is -2.16. The average molecular weight is 422 g/mol. The number of halogens is 4. The van der Waals surface area contributed by atoms with Crippen molar-refractivity contribution in [3.05, 3.63) is 52.3 Å². The van der Waals surface area contributed by atoms with Gasteiger partial charge in [0.05, 0.1) is 13.3 Å². The molecule has 30 heavy (non-hydrogen) atoms. The van der Waals surface area contributed by atoms with Crippen LogP contribution >= 0.6 is 0 Å². The van der Waals surface area contributed by atoms with Crippen molar-refractivity contribution in [1.29, 1.82) is 0 Å². The van der Waals surface area contributed by atoms with Crippen molar-refractivity contribution >= 4 is 0 Å². The van der Waals surface area contributed by atoms with Gasteiger partial charge in [0.1, 0.15) is 0 Å². The first-order chi connectivity index (χ1) is 14.5. The molecular formula is C24H26F4O2. The third-order valence-corrected chi connectivity index (χ3v) is 6.33. The van der Waals surface area contributed by atoms with Crippen LogP contribution in [0.1, 0.15) is 68.1 Å². The van der Waals surface area contributed by atoms with E-state index in [9.17, 15) is 13.2 Å². The van der Waals surface area contributed by atoms with Crippen LogP contribution in [0, 0.1) is 23.4 Å². The third-order valence-electron chi connectivity index (χ3n) is 6.33.